The molecule has 7 heteroatoms. The highest BCUT2D eigenvalue weighted by molar-refractivity contribution is 6.35. The second-order valence-electron chi connectivity index (χ2n) is 5.34. The summed E-state index contributed by atoms with van der Waals surface area (Å²) in [6.45, 7) is 0. The summed E-state index contributed by atoms with van der Waals surface area (Å²) in [6.07, 6.45) is 6.43. The minimum absolute atomic E-state index is 0.262. The van der Waals surface area contributed by atoms with E-state index < -0.39 is 0 Å². The molecule has 124 valence electrons. The molecule has 0 saturated carbocycles. The number of nitrogens with zero attached hydrogens (tertiary/aromatic N) is 4. The van der Waals surface area contributed by atoms with Crippen molar-refractivity contribution in [1.29, 1.82) is 0 Å². The monoisotopic (exact) mass is 354 g/mol. The second kappa shape index (κ2) is 6.14. The zero-order valence-electron chi connectivity index (χ0n) is 13.1. The number of hydrogen-bond acceptors (Lipinski definition) is 4. The first kappa shape index (κ1) is 15.5. The largest absolute Gasteiger partial charge is 0.495 e. The van der Waals surface area contributed by atoms with Gasteiger partial charge in [-0.3, -0.25) is 9.55 Å². The smallest absolute Gasteiger partial charge is 0.150 e. The molecule has 0 amide bonds. The number of aromatic nitrogens is 4. The van der Waals surface area contributed by atoms with Gasteiger partial charge in [0.2, 0.25) is 0 Å². The van der Waals surface area contributed by atoms with Crippen molar-refractivity contribution >= 4 is 22.6 Å². The summed E-state index contributed by atoms with van der Waals surface area (Å²) >= 11 is 6.30. The Morgan fingerprint density at radius 2 is 1.96 bits per heavy atom. The molecule has 5 nitrogen and oxygen atoms in total. The van der Waals surface area contributed by atoms with Gasteiger partial charge in [-0.25, -0.2) is 14.4 Å². The van der Waals surface area contributed by atoms with Crippen LogP contribution < -0.4 is 4.74 Å². The minimum Gasteiger partial charge on any atom is -0.495 e. The lowest BCUT2D eigenvalue weighted by molar-refractivity contribution is 0.412. The van der Waals surface area contributed by atoms with Crippen LogP contribution in [-0.2, 0) is 0 Å². The molecule has 4 aromatic rings. The van der Waals surface area contributed by atoms with E-state index in [4.69, 9.17) is 16.3 Å². The maximum Gasteiger partial charge on any atom is 0.150 e. The molecule has 0 fully saturated rings. The molecule has 0 N–H and O–H groups in total. The number of pyridine rings is 1. The molecule has 4 rings (SSSR count). The molecule has 0 spiro atoms. The fourth-order valence-corrected chi connectivity index (χ4v) is 2.99. The molecule has 0 radical (unpaired) electrons. The third-order valence-electron chi connectivity index (χ3n) is 3.91. The average molecular weight is 355 g/mol. The van der Waals surface area contributed by atoms with Crippen LogP contribution in [0.4, 0.5) is 4.39 Å². The molecule has 3 aromatic heterocycles. The molecule has 0 unspecified atom stereocenters. The third kappa shape index (κ3) is 2.60. The van der Waals surface area contributed by atoms with Gasteiger partial charge in [0.15, 0.2) is 0 Å². The maximum absolute atomic E-state index is 14.3. The number of methoxy groups -OCH3 is 1. The number of ether oxygens (including phenoxy) is 1. The quantitative estimate of drug-likeness (QED) is 0.515. The van der Waals surface area contributed by atoms with Gasteiger partial charge < -0.3 is 4.74 Å². The average Bonchev–Trinajstić information content (AvgIpc) is 3.03. The number of halogens is 2. The third-order valence-corrected chi connectivity index (χ3v) is 4.20. The number of fused-ring (bicyclic) bond motifs is 1. The Balaban J connectivity index is 2.04. The molecule has 25 heavy (non-hydrogen) atoms. The fraction of sp³-hybridized carbons (Fsp3) is 0.0556. The topological polar surface area (TPSA) is 52.8 Å². The highest BCUT2D eigenvalue weighted by Crippen LogP contribution is 2.36. The predicted octanol–water partition coefficient (Wildman–Crippen LogP) is 4.28. The number of rotatable bonds is 3. The van der Waals surface area contributed by atoms with Crippen LogP contribution in [0.1, 0.15) is 0 Å². The van der Waals surface area contributed by atoms with Crippen LogP contribution >= 0.6 is 11.6 Å². The van der Waals surface area contributed by atoms with Crippen molar-refractivity contribution in [2.24, 2.45) is 0 Å². The molecule has 1 aromatic carbocycles. The normalized spacial score (nSPS) is 11.0. The van der Waals surface area contributed by atoms with E-state index in [1.54, 1.807) is 48.5 Å². The van der Waals surface area contributed by atoms with Gasteiger partial charge in [0.1, 0.15) is 28.7 Å². The van der Waals surface area contributed by atoms with E-state index in [-0.39, 0.29) is 11.0 Å². The van der Waals surface area contributed by atoms with Crippen LogP contribution in [0.5, 0.6) is 5.75 Å². The number of hydrogen-bond donors (Lipinski definition) is 0. The maximum atomic E-state index is 14.3. The summed E-state index contributed by atoms with van der Waals surface area (Å²) in [5.74, 6) is 0.261. The highest BCUT2D eigenvalue weighted by atomic mass is 35.5. The fourth-order valence-electron chi connectivity index (χ4n) is 2.76. The van der Waals surface area contributed by atoms with Crippen LogP contribution in [0, 0.1) is 5.82 Å². The summed E-state index contributed by atoms with van der Waals surface area (Å²) in [4.78, 5) is 12.5. The summed E-state index contributed by atoms with van der Waals surface area (Å²) < 4.78 is 21.4. The Hall–Kier alpha value is -2.99. The summed E-state index contributed by atoms with van der Waals surface area (Å²) in [6, 6.07) is 8.33. The van der Waals surface area contributed by atoms with Gasteiger partial charge in [-0.2, -0.15) is 0 Å². The Bertz CT molecular complexity index is 1080. The molecular weight excluding hydrogens is 343 g/mol. The summed E-state index contributed by atoms with van der Waals surface area (Å²) in [5, 5.41) is 0.843. The van der Waals surface area contributed by atoms with E-state index in [2.05, 4.69) is 15.0 Å². The van der Waals surface area contributed by atoms with Crippen LogP contribution in [-0.4, -0.2) is 26.6 Å². The molecule has 0 aliphatic carbocycles. The van der Waals surface area contributed by atoms with E-state index >= 15 is 0 Å². The van der Waals surface area contributed by atoms with E-state index in [9.17, 15) is 4.39 Å². The van der Waals surface area contributed by atoms with Crippen molar-refractivity contribution in [3.05, 3.63) is 66.2 Å². The first-order valence-corrected chi connectivity index (χ1v) is 7.82. The van der Waals surface area contributed by atoms with Gasteiger partial charge in [-0.05, 0) is 6.07 Å². The molecule has 0 aliphatic rings. The zero-order chi connectivity index (χ0) is 17.4. The van der Waals surface area contributed by atoms with Crippen molar-refractivity contribution in [3.63, 3.8) is 0 Å². The van der Waals surface area contributed by atoms with Gasteiger partial charge in [-0.1, -0.05) is 29.8 Å². The lowest BCUT2D eigenvalue weighted by Gasteiger charge is -2.06. The molecule has 0 bridgehead atoms. The van der Waals surface area contributed by atoms with Gasteiger partial charge in [0, 0.05) is 23.4 Å². The Morgan fingerprint density at radius 3 is 2.76 bits per heavy atom. The van der Waals surface area contributed by atoms with E-state index in [0.29, 0.717) is 27.9 Å². The van der Waals surface area contributed by atoms with Crippen LogP contribution in [0.3, 0.4) is 0 Å². The predicted molar refractivity (Wildman–Crippen MR) is 93.6 cm³/mol. The lowest BCUT2D eigenvalue weighted by Crippen LogP contribution is -1.96. The van der Waals surface area contributed by atoms with Crippen molar-refractivity contribution in [2.45, 2.75) is 0 Å². The van der Waals surface area contributed by atoms with E-state index in [1.165, 1.54) is 12.4 Å². The van der Waals surface area contributed by atoms with Gasteiger partial charge >= 0.3 is 0 Å². The Morgan fingerprint density at radius 1 is 1.12 bits per heavy atom. The summed E-state index contributed by atoms with van der Waals surface area (Å²) in [7, 11) is 1.57. The Labute approximate surface area is 147 Å². The van der Waals surface area contributed by atoms with Gasteiger partial charge in [-0.15, -0.1) is 0 Å². The SMILES string of the molecule is COc1cncc(-n2cc(-c3ccccc3F)c3c(Cl)ncnc32)c1. The van der Waals surface area contributed by atoms with Crippen molar-refractivity contribution < 1.29 is 9.13 Å². The van der Waals surface area contributed by atoms with Gasteiger partial charge in [0.25, 0.3) is 0 Å². The van der Waals surface area contributed by atoms with Crippen LogP contribution in [0.15, 0.2) is 55.2 Å². The van der Waals surface area contributed by atoms with E-state index in [1.807, 2.05) is 6.07 Å². The highest BCUT2D eigenvalue weighted by Gasteiger charge is 2.18. The molecular formula is C18H12ClFN4O. The van der Waals surface area contributed by atoms with Crippen LogP contribution in [0.25, 0.3) is 27.8 Å². The molecule has 0 aliphatic heterocycles. The molecule has 3 heterocycles. The van der Waals surface area contributed by atoms with Crippen LogP contribution in [0.2, 0.25) is 5.15 Å². The first-order valence-electron chi connectivity index (χ1n) is 7.45. The zero-order valence-corrected chi connectivity index (χ0v) is 13.9. The second-order valence-corrected chi connectivity index (χ2v) is 5.70. The first-order chi connectivity index (χ1) is 12.2. The Kier molecular flexibility index (Phi) is 3.82. The van der Waals surface area contributed by atoms with Crippen molar-refractivity contribution in [3.8, 4) is 22.6 Å². The summed E-state index contributed by atoms with van der Waals surface area (Å²) in [5.41, 5.74) is 2.33. The number of benzene rings is 1. The molecule has 0 saturated heterocycles. The minimum atomic E-state index is -0.342. The molecule has 0 atom stereocenters. The van der Waals surface area contributed by atoms with Crippen molar-refractivity contribution in [1.82, 2.24) is 19.5 Å². The van der Waals surface area contributed by atoms with Gasteiger partial charge in [0.05, 0.1) is 30.6 Å². The lowest BCUT2D eigenvalue weighted by atomic mass is 10.1. The van der Waals surface area contributed by atoms with E-state index in [0.717, 1.165) is 5.69 Å². The van der Waals surface area contributed by atoms with Crippen molar-refractivity contribution in [2.75, 3.05) is 7.11 Å². The standard InChI is InChI=1S/C18H12ClFN4O/c1-25-12-6-11(7-21-8-12)24-9-14(13-4-2-3-5-15(13)20)16-17(19)22-10-23-18(16)24/h2-10H,1H3.